The minimum absolute atomic E-state index is 0. The molecule has 0 unspecified atom stereocenters. The molecule has 0 fully saturated rings. The Morgan fingerprint density at radius 1 is 1.58 bits per heavy atom. The Labute approximate surface area is 93.4 Å². The van der Waals surface area contributed by atoms with Crippen molar-refractivity contribution < 1.29 is 40.9 Å². The molecule has 56 valence electrons. The van der Waals surface area contributed by atoms with Crippen LogP contribution in [0.4, 0.5) is 0 Å². The molecule has 4 heteroatoms. The topological polar surface area (TPSA) is 61.1 Å². The average Bonchev–Trinajstić information content (AvgIpc) is 2.05. The number of hydrogen-bond acceptors (Lipinski definition) is 2. The normalized spacial score (nSPS) is 7.92. The van der Waals surface area contributed by atoms with E-state index in [2.05, 4.69) is 0 Å². The summed E-state index contributed by atoms with van der Waals surface area (Å²) in [6.45, 7) is 0. The number of nitrogens with zero attached hydrogens (tertiary/aromatic N) is 1. The summed E-state index contributed by atoms with van der Waals surface area (Å²) in [7, 11) is 0. The monoisotopic (exact) mass is 171 g/mol. The van der Waals surface area contributed by atoms with Gasteiger partial charge < -0.3 is 6.53 Å². The van der Waals surface area contributed by atoms with E-state index >= 15 is 0 Å². The summed E-state index contributed by atoms with van der Waals surface area (Å²) in [4.78, 5) is 10.4. The maximum absolute atomic E-state index is 10.4. The fraction of sp³-hybridized carbons (Fsp3) is 0. The van der Waals surface area contributed by atoms with Gasteiger partial charge in [0.05, 0.1) is 17.2 Å². The molecule has 3 nitrogen and oxygen atoms in total. The molecule has 12 heavy (non-hydrogen) atoms. The van der Waals surface area contributed by atoms with E-state index < -0.39 is 5.97 Å². The number of rotatable bonds is 1. The van der Waals surface area contributed by atoms with Crippen LogP contribution < -0.4 is 29.6 Å². The van der Waals surface area contributed by atoms with Gasteiger partial charge in [-0.1, -0.05) is 6.07 Å². The van der Waals surface area contributed by atoms with Crippen molar-refractivity contribution >= 4 is 5.97 Å². The van der Waals surface area contributed by atoms with E-state index in [-0.39, 0.29) is 36.5 Å². The van der Waals surface area contributed by atoms with E-state index in [4.69, 9.17) is 10.4 Å². The van der Waals surface area contributed by atoms with E-state index in [9.17, 15) is 4.79 Å². The first kappa shape index (κ1) is 11.2. The third kappa shape index (κ3) is 2.67. The zero-order valence-corrected chi connectivity index (χ0v) is 8.61. The molecular formula is C8H6NNaO2. The first-order valence-electron chi connectivity index (χ1n) is 2.97. The number of aromatic carboxylic acids is 1. The van der Waals surface area contributed by atoms with Gasteiger partial charge in [0.15, 0.2) is 0 Å². The third-order valence-corrected chi connectivity index (χ3v) is 1.24. The van der Waals surface area contributed by atoms with E-state index in [0.29, 0.717) is 5.56 Å². The number of carbonyl (C=O) groups is 1. The van der Waals surface area contributed by atoms with Gasteiger partial charge in [0.1, 0.15) is 0 Å². The minimum atomic E-state index is -1.01. The third-order valence-electron chi connectivity index (χ3n) is 1.24. The maximum atomic E-state index is 10.4. The average molecular weight is 171 g/mol. The van der Waals surface area contributed by atoms with Crippen molar-refractivity contribution in [1.29, 1.82) is 5.26 Å². The summed E-state index contributed by atoms with van der Waals surface area (Å²) in [6.07, 6.45) is 0. The molecule has 0 bridgehead atoms. The van der Waals surface area contributed by atoms with E-state index in [0.717, 1.165) is 0 Å². The van der Waals surface area contributed by atoms with Gasteiger partial charge in [-0.05, 0) is 18.2 Å². The van der Waals surface area contributed by atoms with Crippen molar-refractivity contribution in [2.75, 3.05) is 0 Å². The van der Waals surface area contributed by atoms with Crippen LogP contribution in [0.1, 0.15) is 17.3 Å². The summed E-state index contributed by atoms with van der Waals surface area (Å²) >= 11 is 0. The molecule has 0 aliphatic rings. The van der Waals surface area contributed by atoms with Crippen molar-refractivity contribution in [2.45, 2.75) is 0 Å². The van der Waals surface area contributed by atoms with Gasteiger partial charge in [0, 0.05) is 0 Å². The Balaban J connectivity index is 0. The van der Waals surface area contributed by atoms with Gasteiger partial charge in [-0.25, -0.2) is 4.79 Å². The van der Waals surface area contributed by atoms with Crippen LogP contribution in [0.5, 0.6) is 0 Å². The van der Waals surface area contributed by atoms with Gasteiger partial charge in [-0.2, -0.15) is 5.26 Å². The molecule has 1 aromatic rings. The SMILES string of the molecule is N#Cc1cccc(C(=O)O)c1.[H-].[Na+]. The first-order valence-corrected chi connectivity index (χ1v) is 2.97. The summed E-state index contributed by atoms with van der Waals surface area (Å²) < 4.78 is 0. The van der Waals surface area contributed by atoms with Crippen LogP contribution in [0.25, 0.3) is 0 Å². The molecule has 1 N–H and O–H groups in total. The second kappa shape index (κ2) is 4.94. The maximum Gasteiger partial charge on any atom is 1.00 e. The van der Waals surface area contributed by atoms with Gasteiger partial charge in [-0.15, -0.1) is 0 Å². The van der Waals surface area contributed by atoms with Crippen LogP contribution in [0, 0.1) is 11.3 Å². The largest absolute Gasteiger partial charge is 1.00 e. The zero-order valence-electron chi connectivity index (χ0n) is 7.61. The van der Waals surface area contributed by atoms with Crippen molar-refractivity contribution in [3.8, 4) is 6.07 Å². The van der Waals surface area contributed by atoms with E-state index in [1.54, 1.807) is 12.1 Å². The second-order valence-corrected chi connectivity index (χ2v) is 2.00. The Hall–Kier alpha value is -0.820. The van der Waals surface area contributed by atoms with Gasteiger partial charge >= 0.3 is 35.5 Å². The zero-order chi connectivity index (χ0) is 8.27. The Kier molecular flexibility index (Phi) is 4.60. The van der Waals surface area contributed by atoms with Crippen molar-refractivity contribution in [3.05, 3.63) is 35.4 Å². The summed E-state index contributed by atoms with van der Waals surface area (Å²) in [5.41, 5.74) is 0.508. The van der Waals surface area contributed by atoms with E-state index in [1.807, 2.05) is 6.07 Å². The minimum Gasteiger partial charge on any atom is -1.00 e. The standard InChI is InChI=1S/C8H5NO2.Na.H/c9-5-6-2-1-3-7(4-6)8(10)11;;/h1-4H,(H,10,11);;/q;+1;-1. The predicted octanol–water partition coefficient (Wildman–Crippen LogP) is -1.63. The molecule has 0 atom stereocenters. The number of nitriles is 1. The van der Waals surface area contributed by atoms with Crippen LogP contribution in [0.2, 0.25) is 0 Å². The van der Waals surface area contributed by atoms with Gasteiger partial charge in [-0.3, -0.25) is 0 Å². The molecule has 0 saturated heterocycles. The van der Waals surface area contributed by atoms with Crippen LogP contribution in [0.15, 0.2) is 24.3 Å². The van der Waals surface area contributed by atoms with Crippen molar-refractivity contribution in [2.24, 2.45) is 0 Å². The van der Waals surface area contributed by atoms with Crippen molar-refractivity contribution in [1.82, 2.24) is 0 Å². The first-order chi connectivity index (χ1) is 5.24. The molecule has 0 aliphatic carbocycles. The molecule has 0 heterocycles. The van der Waals surface area contributed by atoms with Crippen molar-refractivity contribution in [3.63, 3.8) is 0 Å². The molecule has 1 aromatic carbocycles. The molecule has 1 rings (SSSR count). The van der Waals surface area contributed by atoms with E-state index in [1.165, 1.54) is 12.1 Å². The summed E-state index contributed by atoms with van der Waals surface area (Å²) in [5.74, 6) is -1.01. The van der Waals surface area contributed by atoms with Crippen LogP contribution in [0.3, 0.4) is 0 Å². The molecule has 0 saturated carbocycles. The fourth-order valence-electron chi connectivity index (χ4n) is 0.722. The fourth-order valence-corrected chi connectivity index (χ4v) is 0.722. The Bertz CT molecular complexity index is 335. The quantitative estimate of drug-likeness (QED) is 0.516. The number of hydrogen-bond donors (Lipinski definition) is 1. The van der Waals surface area contributed by atoms with Crippen LogP contribution in [-0.4, -0.2) is 11.1 Å². The molecule has 0 radical (unpaired) electrons. The summed E-state index contributed by atoms with van der Waals surface area (Å²) in [6, 6.07) is 7.75. The number of carboxylic acids is 1. The molecule has 0 spiro atoms. The Morgan fingerprint density at radius 3 is 2.75 bits per heavy atom. The summed E-state index contributed by atoms with van der Waals surface area (Å²) in [5, 5.41) is 16.9. The number of carboxylic acid groups (broad SMARTS) is 1. The van der Waals surface area contributed by atoms with Crippen LogP contribution in [-0.2, 0) is 0 Å². The van der Waals surface area contributed by atoms with Gasteiger partial charge in [0.25, 0.3) is 0 Å². The molecule has 0 aliphatic heterocycles. The molecule has 0 amide bonds. The van der Waals surface area contributed by atoms with Crippen LogP contribution >= 0.6 is 0 Å². The molecular weight excluding hydrogens is 165 g/mol. The Morgan fingerprint density at radius 2 is 2.25 bits per heavy atom. The smallest absolute Gasteiger partial charge is 1.00 e. The van der Waals surface area contributed by atoms with Gasteiger partial charge in [0.2, 0.25) is 0 Å². The molecule has 0 aromatic heterocycles. The predicted molar refractivity (Wildman–Crippen MR) is 39.2 cm³/mol. The second-order valence-electron chi connectivity index (χ2n) is 2.00. The number of benzene rings is 1.